The summed E-state index contributed by atoms with van der Waals surface area (Å²) in [5.74, 6) is 0.558. The second-order valence-corrected chi connectivity index (χ2v) is 2.99. The lowest BCUT2D eigenvalue weighted by atomic mass is 10.2. The fraction of sp³-hybridized carbons (Fsp3) is 0.167. The third-order valence-electron chi connectivity index (χ3n) is 1.82. The lowest BCUT2D eigenvalue weighted by molar-refractivity contribution is -0.131. The Balaban J connectivity index is 3.01. The van der Waals surface area contributed by atoms with Gasteiger partial charge < -0.3 is 9.47 Å². The standard InChI is InChI=1S/C12H12O4/c1-9(14)16-11-6-5-10(4-3-7-13)12(8-11)15-2/h3-8H,1-2H3/b4-3+. The number of carbonyl (C=O) groups excluding carboxylic acids is 2. The van der Waals surface area contributed by atoms with E-state index in [4.69, 9.17) is 9.47 Å². The van der Waals surface area contributed by atoms with E-state index in [-0.39, 0.29) is 0 Å². The van der Waals surface area contributed by atoms with Crippen molar-refractivity contribution in [1.82, 2.24) is 0 Å². The van der Waals surface area contributed by atoms with E-state index in [1.165, 1.54) is 20.1 Å². The van der Waals surface area contributed by atoms with Crippen molar-refractivity contribution >= 4 is 18.3 Å². The van der Waals surface area contributed by atoms with Crippen molar-refractivity contribution in [1.29, 1.82) is 0 Å². The second kappa shape index (κ2) is 5.70. The fourth-order valence-corrected chi connectivity index (χ4v) is 1.20. The Kier molecular flexibility index (Phi) is 4.27. The van der Waals surface area contributed by atoms with Gasteiger partial charge in [0.25, 0.3) is 0 Å². The first-order valence-electron chi connectivity index (χ1n) is 4.65. The lowest BCUT2D eigenvalue weighted by Crippen LogP contribution is -2.01. The molecule has 0 amide bonds. The number of rotatable bonds is 4. The van der Waals surface area contributed by atoms with Crippen LogP contribution in [0, 0.1) is 0 Å². The molecule has 0 fully saturated rings. The van der Waals surface area contributed by atoms with Crippen LogP contribution in [0.5, 0.6) is 11.5 Å². The van der Waals surface area contributed by atoms with Gasteiger partial charge in [-0.05, 0) is 24.3 Å². The first-order chi connectivity index (χ1) is 7.67. The van der Waals surface area contributed by atoms with Gasteiger partial charge >= 0.3 is 5.97 Å². The molecule has 0 radical (unpaired) electrons. The minimum absolute atomic E-state index is 0.391. The Bertz CT molecular complexity index is 421. The monoisotopic (exact) mass is 220 g/mol. The summed E-state index contributed by atoms with van der Waals surface area (Å²) in [5, 5.41) is 0. The van der Waals surface area contributed by atoms with Gasteiger partial charge in [-0.1, -0.05) is 0 Å². The lowest BCUT2D eigenvalue weighted by Gasteiger charge is -2.07. The molecule has 0 spiro atoms. The van der Waals surface area contributed by atoms with E-state index in [0.717, 1.165) is 5.56 Å². The predicted octanol–water partition coefficient (Wildman–Crippen LogP) is 1.83. The maximum atomic E-state index is 10.7. The van der Waals surface area contributed by atoms with Crippen LogP contribution in [0.3, 0.4) is 0 Å². The topological polar surface area (TPSA) is 52.6 Å². The van der Waals surface area contributed by atoms with E-state index in [1.54, 1.807) is 24.3 Å². The van der Waals surface area contributed by atoms with Gasteiger partial charge in [-0.3, -0.25) is 9.59 Å². The quantitative estimate of drug-likeness (QED) is 0.336. The molecule has 0 aliphatic heterocycles. The summed E-state index contributed by atoms with van der Waals surface area (Å²) in [4.78, 5) is 20.9. The molecule has 0 aliphatic carbocycles. The third kappa shape index (κ3) is 3.24. The van der Waals surface area contributed by atoms with Crippen molar-refractivity contribution in [3.8, 4) is 11.5 Å². The average molecular weight is 220 g/mol. The molecule has 4 heteroatoms. The van der Waals surface area contributed by atoms with Crippen LogP contribution in [0.25, 0.3) is 6.08 Å². The summed E-state index contributed by atoms with van der Waals surface area (Å²) >= 11 is 0. The van der Waals surface area contributed by atoms with Crippen LogP contribution in [0.4, 0.5) is 0 Å². The number of carbonyl (C=O) groups is 2. The third-order valence-corrected chi connectivity index (χ3v) is 1.82. The minimum Gasteiger partial charge on any atom is -0.496 e. The Labute approximate surface area is 93.5 Å². The molecule has 1 aromatic rings. The average Bonchev–Trinajstić information content (AvgIpc) is 2.26. The minimum atomic E-state index is -0.391. The van der Waals surface area contributed by atoms with Gasteiger partial charge in [-0.15, -0.1) is 0 Å². The van der Waals surface area contributed by atoms with Crippen LogP contribution in [-0.2, 0) is 9.59 Å². The Morgan fingerprint density at radius 1 is 1.38 bits per heavy atom. The van der Waals surface area contributed by atoms with Crippen molar-refractivity contribution < 1.29 is 19.1 Å². The van der Waals surface area contributed by atoms with Gasteiger partial charge in [0.05, 0.1) is 7.11 Å². The molecule has 0 bridgehead atoms. The molecule has 0 aliphatic rings. The highest BCUT2D eigenvalue weighted by atomic mass is 16.5. The number of allylic oxidation sites excluding steroid dienone is 1. The van der Waals surface area contributed by atoms with Crippen LogP contribution < -0.4 is 9.47 Å². The first-order valence-corrected chi connectivity index (χ1v) is 4.65. The molecular weight excluding hydrogens is 208 g/mol. The number of methoxy groups -OCH3 is 1. The van der Waals surface area contributed by atoms with E-state index >= 15 is 0 Å². The normalized spacial score (nSPS) is 10.1. The van der Waals surface area contributed by atoms with Crippen LogP contribution >= 0.6 is 0 Å². The Morgan fingerprint density at radius 2 is 2.12 bits per heavy atom. The molecule has 1 rings (SSSR count). The second-order valence-electron chi connectivity index (χ2n) is 2.99. The van der Waals surface area contributed by atoms with Gasteiger partial charge in [-0.25, -0.2) is 0 Å². The number of benzene rings is 1. The molecule has 0 aromatic heterocycles. The van der Waals surface area contributed by atoms with Crippen molar-refractivity contribution in [3.05, 3.63) is 29.8 Å². The highest BCUT2D eigenvalue weighted by molar-refractivity contribution is 5.76. The van der Waals surface area contributed by atoms with Gasteiger partial charge in [-0.2, -0.15) is 0 Å². The zero-order valence-electron chi connectivity index (χ0n) is 9.10. The fourth-order valence-electron chi connectivity index (χ4n) is 1.20. The number of aldehydes is 1. The van der Waals surface area contributed by atoms with Crippen molar-refractivity contribution in [2.75, 3.05) is 7.11 Å². The van der Waals surface area contributed by atoms with Gasteiger partial charge in [0.1, 0.15) is 17.8 Å². The van der Waals surface area contributed by atoms with E-state index in [2.05, 4.69) is 0 Å². The van der Waals surface area contributed by atoms with Crippen molar-refractivity contribution in [2.45, 2.75) is 6.92 Å². The van der Waals surface area contributed by atoms with E-state index in [1.807, 2.05) is 0 Å². The van der Waals surface area contributed by atoms with Crippen LogP contribution in [0.2, 0.25) is 0 Å². The maximum absolute atomic E-state index is 10.7. The van der Waals surface area contributed by atoms with E-state index < -0.39 is 5.97 Å². The maximum Gasteiger partial charge on any atom is 0.308 e. The van der Waals surface area contributed by atoms with Crippen LogP contribution in [0.15, 0.2) is 24.3 Å². The molecule has 4 nitrogen and oxygen atoms in total. The smallest absolute Gasteiger partial charge is 0.308 e. The van der Waals surface area contributed by atoms with Crippen molar-refractivity contribution in [2.24, 2.45) is 0 Å². The molecule has 1 aromatic carbocycles. The predicted molar refractivity (Wildman–Crippen MR) is 59.4 cm³/mol. The number of ether oxygens (including phenoxy) is 2. The zero-order valence-corrected chi connectivity index (χ0v) is 9.10. The van der Waals surface area contributed by atoms with Gasteiger partial charge in [0.2, 0.25) is 0 Å². The molecule has 0 unspecified atom stereocenters. The highest BCUT2D eigenvalue weighted by Gasteiger charge is 2.04. The molecule has 16 heavy (non-hydrogen) atoms. The van der Waals surface area contributed by atoms with Gasteiger partial charge in [0.15, 0.2) is 0 Å². The molecule has 84 valence electrons. The summed E-state index contributed by atoms with van der Waals surface area (Å²) in [6.07, 6.45) is 3.66. The summed E-state index contributed by atoms with van der Waals surface area (Å²) in [6.45, 7) is 1.33. The van der Waals surface area contributed by atoms with E-state index in [9.17, 15) is 9.59 Å². The van der Waals surface area contributed by atoms with Crippen molar-refractivity contribution in [3.63, 3.8) is 0 Å². The Hall–Kier alpha value is -2.10. The van der Waals surface area contributed by atoms with Gasteiger partial charge in [0, 0.05) is 18.6 Å². The molecule has 0 atom stereocenters. The molecule has 0 saturated heterocycles. The summed E-state index contributed by atoms with van der Waals surface area (Å²) < 4.78 is 10.0. The van der Waals surface area contributed by atoms with E-state index in [0.29, 0.717) is 17.8 Å². The van der Waals surface area contributed by atoms with Crippen LogP contribution in [-0.4, -0.2) is 19.4 Å². The molecular formula is C12H12O4. The van der Waals surface area contributed by atoms with Crippen LogP contribution in [0.1, 0.15) is 12.5 Å². The summed E-state index contributed by atoms with van der Waals surface area (Å²) in [6, 6.07) is 4.93. The number of hydrogen-bond acceptors (Lipinski definition) is 4. The number of esters is 1. The summed E-state index contributed by atoms with van der Waals surface area (Å²) in [5.41, 5.74) is 0.741. The molecule has 0 N–H and O–H groups in total. The SMILES string of the molecule is COc1cc(OC(C)=O)ccc1/C=C/C=O. The zero-order chi connectivity index (χ0) is 12.0. The highest BCUT2D eigenvalue weighted by Crippen LogP contribution is 2.25. The molecule has 0 saturated carbocycles. The molecule has 0 heterocycles. The Morgan fingerprint density at radius 3 is 2.69 bits per heavy atom. The largest absolute Gasteiger partial charge is 0.496 e. The number of hydrogen-bond donors (Lipinski definition) is 0. The first kappa shape index (κ1) is 12.0. The summed E-state index contributed by atoms with van der Waals surface area (Å²) in [7, 11) is 1.51.